The zero-order valence-electron chi connectivity index (χ0n) is 5.52. The van der Waals surface area contributed by atoms with E-state index in [1.54, 1.807) is 6.07 Å². The fourth-order valence-corrected chi connectivity index (χ4v) is 1.68. The molecule has 1 saturated heterocycles. The Morgan fingerprint density at radius 1 is 1.73 bits per heavy atom. The number of nitrogens with zero attached hydrogens (tertiary/aromatic N) is 1. The van der Waals surface area contributed by atoms with Gasteiger partial charge in [0.25, 0.3) is 0 Å². The maximum absolute atomic E-state index is 10.2. The van der Waals surface area contributed by atoms with Crippen LogP contribution in [0.3, 0.4) is 0 Å². The minimum absolute atomic E-state index is 0.133. The van der Waals surface area contributed by atoms with Crippen LogP contribution in [0.25, 0.3) is 0 Å². The van der Waals surface area contributed by atoms with Gasteiger partial charge in [0, 0.05) is 10.9 Å². The normalized spacial score (nSPS) is 21.6. The molecule has 1 aliphatic rings. The standard InChI is InChI=1S/C6H5NO3S/c8-7(9)6-2-1-5(11-6)4-3-10-4/h1-2,4H,3H2/t4-/m0/s1. The summed E-state index contributed by atoms with van der Waals surface area (Å²) in [5, 5.41) is 10.4. The molecule has 1 aromatic heterocycles. The van der Waals surface area contributed by atoms with E-state index in [9.17, 15) is 10.1 Å². The number of epoxide rings is 1. The van der Waals surface area contributed by atoms with Crippen molar-refractivity contribution in [3.63, 3.8) is 0 Å². The van der Waals surface area contributed by atoms with Gasteiger partial charge < -0.3 is 4.74 Å². The SMILES string of the molecule is O=[N+]([O-])c1ccc([C@@H]2CO2)s1. The maximum atomic E-state index is 10.2. The van der Waals surface area contributed by atoms with Crippen LogP contribution in [0.5, 0.6) is 0 Å². The Morgan fingerprint density at radius 3 is 2.91 bits per heavy atom. The molecule has 1 aliphatic heterocycles. The van der Waals surface area contributed by atoms with E-state index in [-0.39, 0.29) is 16.0 Å². The first-order valence-electron chi connectivity index (χ1n) is 3.13. The van der Waals surface area contributed by atoms with Gasteiger partial charge >= 0.3 is 5.00 Å². The Balaban J connectivity index is 2.25. The molecule has 1 aromatic rings. The van der Waals surface area contributed by atoms with Gasteiger partial charge in [-0.2, -0.15) is 0 Å². The highest BCUT2D eigenvalue weighted by atomic mass is 32.1. The van der Waals surface area contributed by atoms with E-state index < -0.39 is 0 Å². The smallest absolute Gasteiger partial charge is 0.324 e. The predicted molar refractivity (Wildman–Crippen MR) is 39.7 cm³/mol. The summed E-state index contributed by atoms with van der Waals surface area (Å²) >= 11 is 1.19. The van der Waals surface area contributed by atoms with Crippen molar-refractivity contribution in [1.29, 1.82) is 0 Å². The minimum atomic E-state index is -0.378. The quantitative estimate of drug-likeness (QED) is 0.387. The van der Waals surface area contributed by atoms with Crippen molar-refractivity contribution in [3.05, 3.63) is 27.1 Å². The summed E-state index contributed by atoms with van der Waals surface area (Å²) in [7, 11) is 0. The Bertz CT molecular complexity index is 292. The molecule has 0 spiro atoms. The van der Waals surface area contributed by atoms with Crippen molar-refractivity contribution < 1.29 is 9.66 Å². The minimum Gasteiger partial charge on any atom is -0.367 e. The van der Waals surface area contributed by atoms with Crippen LogP contribution in [-0.4, -0.2) is 11.5 Å². The monoisotopic (exact) mass is 171 g/mol. The van der Waals surface area contributed by atoms with Gasteiger partial charge in [-0.1, -0.05) is 11.3 Å². The Morgan fingerprint density at radius 2 is 2.45 bits per heavy atom. The molecule has 1 fully saturated rings. The van der Waals surface area contributed by atoms with Gasteiger partial charge in [0.05, 0.1) is 11.5 Å². The highest BCUT2D eigenvalue weighted by molar-refractivity contribution is 7.15. The van der Waals surface area contributed by atoms with Gasteiger partial charge in [-0.3, -0.25) is 10.1 Å². The molecule has 58 valence electrons. The average molecular weight is 171 g/mol. The summed E-state index contributed by atoms with van der Waals surface area (Å²) < 4.78 is 4.98. The molecule has 11 heavy (non-hydrogen) atoms. The van der Waals surface area contributed by atoms with Crippen LogP contribution in [0.2, 0.25) is 0 Å². The third-order valence-electron chi connectivity index (χ3n) is 1.44. The molecule has 5 heteroatoms. The first-order valence-corrected chi connectivity index (χ1v) is 3.95. The molecule has 2 rings (SSSR count). The fourth-order valence-electron chi connectivity index (χ4n) is 0.826. The van der Waals surface area contributed by atoms with Gasteiger partial charge in [0.15, 0.2) is 0 Å². The Kier molecular flexibility index (Phi) is 1.40. The number of thiophene rings is 1. The van der Waals surface area contributed by atoms with Crippen molar-refractivity contribution in [3.8, 4) is 0 Å². The first-order chi connectivity index (χ1) is 5.27. The molecule has 0 bridgehead atoms. The molecule has 4 nitrogen and oxygen atoms in total. The Hall–Kier alpha value is -0.940. The van der Waals surface area contributed by atoms with Crippen molar-refractivity contribution in [2.45, 2.75) is 6.10 Å². The van der Waals surface area contributed by atoms with Gasteiger partial charge in [-0.25, -0.2) is 0 Å². The second-order valence-corrected chi connectivity index (χ2v) is 3.35. The molecule has 0 aromatic carbocycles. The number of hydrogen-bond acceptors (Lipinski definition) is 4. The predicted octanol–water partition coefficient (Wildman–Crippen LogP) is 1.73. The fraction of sp³-hybridized carbons (Fsp3) is 0.333. The summed E-state index contributed by atoms with van der Waals surface area (Å²) in [6, 6.07) is 3.27. The lowest BCUT2D eigenvalue weighted by atomic mass is 10.4. The molecule has 2 heterocycles. The molecule has 0 saturated carbocycles. The lowest BCUT2D eigenvalue weighted by Crippen LogP contribution is -1.80. The molecule has 1 atom stereocenters. The van der Waals surface area contributed by atoms with Crippen LogP contribution >= 0.6 is 11.3 Å². The van der Waals surface area contributed by atoms with Gasteiger partial charge in [0.2, 0.25) is 0 Å². The largest absolute Gasteiger partial charge is 0.367 e. The van der Waals surface area contributed by atoms with Crippen LogP contribution in [0.15, 0.2) is 12.1 Å². The molecule has 0 amide bonds. The van der Waals surface area contributed by atoms with Gasteiger partial charge in [0.1, 0.15) is 6.10 Å². The van der Waals surface area contributed by atoms with Crippen molar-refractivity contribution in [2.24, 2.45) is 0 Å². The summed E-state index contributed by atoms with van der Waals surface area (Å²) in [5.41, 5.74) is 0. The zero-order valence-corrected chi connectivity index (χ0v) is 6.34. The zero-order chi connectivity index (χ0) is 7.84. The molecular formula is C6H5NO3S. The number of hydrogen-bond donors (Lipinski definition) is 0. The average Bonchev–Trinajstić information content (AvgIpc) is 2.68. The number of nitro groups is 1. The van der Waals surface area contributed by atoms with Crippen LogP contribution in [0.4, 0.5) is 5.00 Å². The van der Waals surface area contributed by atoms with E-state index in [1.165, 1.54) is 17.4 Å². The van der Waals surface area contributed by atoms with E-state index >= 15 is 0 Å². The van der Waals surface area contributed by atoms with Crippen LogP contribution < -0.4 is 0 Å². The van der Waals surface area contributed by atoms with E-state index in [2.05, 4.69) is 0 Å². The van der Waals surface area contributed by atoms with E-state index in [1.807, 2.05) is 0 Å². The highest BCUT2D eigenvalue weighted by Crippen LogP contribution is 2.37. The van der Waals surface area contributed by atoms with E-state index in [0.29, 0.717) is 6.61 Å². The van der Waals surface area contributed by atoms with Gasteiger partial charge in [-0.15, -0.1) is 0 Å². The number of ether oxygens (including phenoxy) is 1. The summed E-state index contributed by atoms with van der Waals surface area (Å²) in [5.74, 6) is 0. The topological polar surface area (TPSA) is 55.7 Å². The van der Waals surface area contributed by atoms with Crippen molar-refractivity contribution in [1.82, 2.24) is 0 Å². The summed E-state index contributed by atoms with van der Waals surface area (Å²) in [4.78, 5) is 10.8. The maximum Gasteiger partial charge on any atom is 0.324 e. The van der Waals surface area contributed by atoms with Crippen LogP contribution in [0.1, 0.15) is 11.0 Å². The molecule has 0 unspecified atom stereocenters. The second-order valence-electron chi connectivity index (χ2n) is 2.26. The van der Waals surface area contributed by atoms with Crippen molar-refractivity contribution >= 4 is 16.3 Å². The van der Waals surface area contributed by atoms with E-state index in [0.717, 1.165) is 4.88 Å². The summed E-state index contributed by atoms with van der Waals surface area (Å²) in [6.45, 7) is 0.706. The lowest BCUT2D eigenvalue weighted by Gasteiger charge is -1.81. The first kappa shape index (κ1) is 6.75. The van der Waals surface area contributed by atoms with Crippen molar-refractivity contribution in [2.75, 3.05) is 6.61 Å². The van der Waals surface area contributed by atoms with Crippen LogP contribution in [-0.2, 0) is 4.74 Å². The summed E-state index contributed by atoms with van der Waals surface area (Å²) in [6.07, 6.45) is 0.133. The molecule has 0 aliphatic carbocycles. The Labute approximate surface area is 66.6 Å². The third-order valence-corrected chi connectivity index (χ3v) is 2.57. The molecular weight excluding hydrogens is 166 g/mol. The third kappa shape index (κ3) is 1.24. The van der Waals surface area contributed by atoms with Crippen LogP contribution in [0, 0.1) is 10.1 Å². The highest BCUT2D eigenvalue weighted by Gasteiger charge is 2.28. The molecule has 0 N–H and O–H groups in total. The number of rotatable bonds is 2. The van der Waals surface area contributed by atoms with Gasteiger partial charge in [-0.05, 0) is 6.07 Å². The second kappa shape index (κ2) is 2.28. The lowest BCUT2D eigenvalue weighted by molar-refractivity contribution is -0.380. The molecule has 0 radical (unpaired) electrons. The van der Waals surface area contributed by atoms with E-state index in [4.69, 9.17) is 4.74 Å².